The molecule has 0 bridgehead atoms. The molecule has 1 atom stereocenters. The maximum Gasteiger partial charge on any atom is 0.634 e. The summed E-state index contributed by atoms with van der Waals surface area (Å²) in [6.07, 6.45) is 0.764. The van der Waals surface area contributed by atoms with Crippen LogP contribution in [0, 0.1) is 0 Å². The van der Waals surface area contributed by atoms with Gasteiger partial charge in [0.15, 0.2) is 0 Å². The maximum absolute atomic E-state index is 9.84. The first-order chi connectivity index (χ1) is 14.4. The summed E-state index contributed by atoms with van der Waals surface area (Å²) in [6, 6.07) is 29.6. The molecule has 0 aliphatic heterocycles. The van der Waals surface area contributed by atoms with Crippen LogP contribution in [0.4, 0.5) is 0 Å². The van der Waals surface area contributed by atoms with Gasteiger partial charge in [-0.3, -0.25) is 0 Å². The zero-order valence-corrected chi connectivity index (χ0v) is 18.3. The number of nitrogens with zero attached hydrogens (tertiary/aromatic N) is 1. The Hall–Kier alpha value is -2.44. The van der Waals surface area contributed by atoms with Gasteiger partial charge in [0.1, 0.15) is 5.60 Å². The van der Waals surface area contributed by atoms with Crippen LogP contribution in [0.1, 0.15) is 36.0 Å². The molecule has 0 spiro atoms. The Labute approximate surface area is 180 Å². The molecule has 0 aromatic heterocycles. The Morgan fingerprint density at radius 2 is 1.13 bits per heavy atom. The van der Waals surface area contributed by atoms with Crippen LogP contribution >= 0.6 is 0 Å². The van der Waals surface area contributed by atoms with Crippen LogP contribution < -0.4 is 0 Å². The number of benzene rings is 3. The summed E-state index contributed by atoms with van der Waals surface area (Å²) in [4.78, 5) is 2.00. The maximum atomic E-state index is 9.84. The predicted octanol–water partition coefficient (Wildman–Crippen LogP) is 4.29. The first-order valence-electron chi connectivity index (χ1n) is 10.2. The fourth-order valence-corrected chi connectivity index (χ4v) is 3.77. The summed E-state index contributed by atoms with van der Waals surface area (Å²) in [6.45, 7) is 2.09. The van der Waals surface area contributed by atoms with Gasteiger partial charge < -0.3 is 19.6 Å². The molecule has 0 amide bonds. The van der Waals surface area contributed by atoms with E-state index in [0.29, 0.717) is 0 Å². The molecule has 0 aliphatic rings. The molecule has 2 N–H and O–H groups in total. The third-order valence-electron chi connectivity index (χ3n) is 4.80. The molecule has 0 fully saturated rings. The van der Waals surface area contributed by atoms with Crippen molar-refractivity contribution in [2.75, 3.05) is 21.1 Å². The monoisotopic (exact) mass is 405 g/mol. The molecule has 158 valence electrons. The highest BCUT2D eigenvalue weighted by molar-refractivity contribution is 6.32. The average Bonchev–Trinajstić information content (AvgIpc) is 2.75. The summed E-state index contributed by atoms with van der Waals surface area (Å²) in [5.74, 6) is -0.102. The van der Waals surface area contributed by atoms with Gasteiger partial charge in [-0.15, -0.1) is 0 Å². The highest BCUT2D eigenvalue weighted by Gasteiger charge is 2.45. The average molecular weight is 405 g/mol. The fourth-order valence-electron chi connectivity index (χ4n) is 3.77. The zero-order valence-electron chi connectivity index (χ0n) is 18.3. The first kappa shape index (κ1) is 23.8. The molecular weight excluding hydrogens is 373 g/mol. The second-order valence-electron chi connectivity index (χ2n) is 7.62. The van der Waals surface area contributed by atoms with Crippen molar-refractivity contribution < 1.29 is 14.7 Å². The second kappa shape index (κ2) is 11.7. The van der Waals surface area contributed by atoms with Crippen molar-refractivity contribution in [3.05, 3.63) is 108 Å². The number of rotatable bonds is 7. The van der Waals surface area contributed by atoms with Crippen LogP contribution in [0.3, 0.4) is 0 Å². The summed E-state index contributed by atoms with van der Waals surface area (Å²) < 4.78 is 5.93. The summed E-state index contributed by atoms with van der Waals surface area (Å²) in [7, 11) is 4.10. The Kier molecular flexibility index (Phi) is 9.28. The Morgan fingerprint density at radius 1 is 0.767 bits per heavy atom. The quantitative estimate of drug-likeness (QED) is 0.576. The van der Waals surface area contributed by atoms with Gasteiger partial charge in [0, 0.05) is 5.92 Å². The SMILES string of the molecule is CCC(c1ccccc1)C(OB(O)O)(c1ccccc1)c1ccccc1.CN(C)C. The molecule has 3 aromatic carbocycles. The third kappa shape index (κ3) is 6.03. The van der Waals surface area contributed by atoms with Crippen LogP contribution in [0.15, 0.2) is 91.0 Å². The van der Waals surface area contributed by atoms with Crippen molar-refractivity contribution in [2.45, 2.75) is 24.9 Å². The molecule has 0 saturated heterocycles. The lowest BCUT2D eigenvalue weighted by Gasteiger charge is -2.42. The van der Waals surface area contributed by atoms with Gasteiger partial charge in [-0.25, -0.2) is 0 Å². The minimum atomic E-state index is -1.90. The van der Waals surface area contributed by atoms with Crippen LogP contribution in [0.2, 0.25) is 0 Å². The van der Waals surface area contributed by atoms with Gasteiger partial charge in [0.25, 0.3) is 0 Å². The lowest BCUT2D eigenvalue weighted by atomic mass is 9.71. The van der Waals surface area contributed by atoms with Crippen LogP contribution in [0.5, 0.6) is 0 Å². The molecular formula is C25H32BNO3. The lowest BCUT2D eigenvalue weighted by Crippen LogP contribution is -2.43. The number of hydrogen-bond donors (Lipinski definition) is 2. The molecule has 0 radical (unpaired) electrons. The Balaban J connectivity index is 0.000000735. The fraction of sp³-hybridized carbons (Fsp3) is 0.280. The van der Waals surface area contributed by atoms with E-state index in [2.05, 4.69) is 19.1 Å². The van der Waals surface area contributed by atoms with Gasteiger partial charge in [0.05, 0.1) is 0 Å². The minimum absolute atomic E-state index is 0.102. The standard InChI is InChI=1S/C22H23BO3.C3H9N/c1-2-21(18-12-6-3-7-13-18)22(26-23(24)25,19-14-8-4-9-15-19)20-16-10-5-11-17-20;1-4(2)3/h3-17,21,24-25H,2H2,1H3;1-3H3. The van der Waals surface area contributed by atoms with Crippen LogP contribution in [-0.4, -0.2) is 43.4 Å². The van der Waals surface area contributed by atoms with E-state index in [-0.39, 0.29) is 5.92 Å². The van der Waals surface area contributed by atoms with Crippen molar-refractivity contribution in [1.29, 1.82) is 0 Å². The normalized spacial score (nSPS) is 12.1. The third-order valence-corrected chi connectivity index (χ3v) is 4.80. The van der Waals surface area contributed by atoms with E-state index in [4.69, 9.17) is 4.65 Å². The van der Waals surface area contributed by atoms with Crippen molar-refractivity contribution in [3.63, 3.8) is 0 Å². The summed E-state index contributed by atoms with van der Waals surface area (Å²) in [5, 5.41) is 19.7. The van der Waals surface area contributed by atoms with Crippen LogP contribution in [-0.2, 0) is 10.3 Å². The highest BCUT2D eigenvalue weighted by atomic mass is 16.6. The zero-order chi connectivity index (χ0) is 22.0. The van der Waals surface area contributed by atoms with E-state index in [9.17, 15) is 10.0 Å². The van der Waals surface area contributed by atoms with Gasteiger partial charge in [-0.05, 0) is 44.3 Å². The van der Waals surface area contributed by atoms with E-state index >= 15 is 0 Å². The first-order valence-corrected chi connectivity index (χ1v) is 10.2. The molecule has 30 heavy (non-hydrogen) atoms. The Bertz CT molecular complexity index is 800. The van der Waals surface area contributed by atoms with Crippen molar-refractivity contribution in [3.8, 4) is 0 Å². The van der Waals surface area contributed by atoms with Crippen molar-refractivity contribution in [2.24, 2.45) is 0 Å². The minimum Gasteiger partial charge on any atom is -0.402 e. The largest absolute Gasteiger partial charge is 0.634 e. The molecule has 5 heteroatoms. The molecule has 0 saturated carbocycles. The van der Waals surface area contributed by atoms with E-state index in [1.165, 1.54) is 0 Å². The van der Waals surface area contributed by atoms with E-state index in [1.54, 1.807) is 0 Å². The van der Waals surface area contributed by atoms with Gasteiger partial charge in [0.2, 0.25) is 0 Å². The molecule has 4 nitrogen and oxygen atoms in total. The Morgan fingerprint density at radius 3 is 1.47 bits per heavy atom. The molecule has 3 aromatic rings. The van der Waals surface area contributed by atoms with Gasteiger partial charge in [-0.2, -0.15) is 0 Å². The van der Waals surface area contributed by atoms with Crippen molar-refractivity contribution >= 4 is 7.32 Å². The molecule has 3 rings (SSSR count). The summed E-state index contributed by atoms with van der Waals surface area (Å²) >= 11 is 0. The molecule has 1 unspecified atom stereocenters. The smallest absolute Gasteiger partial charge is 0.402 e. The van der Waals surface area contributed by atoms with E-state index in [0.717, 1.165) is 23.1 Å². The number of hydrogen-bond acceptors (Lipinski definition) is 4. The predicted molar refractivity (Wildman–Crippen MR) is 124 cm³/mol. The topological polar surface area (TPSA) is 52.9 Å². The van der Waals surface area contributed by atoms with E-state index < -0.39 is 12.9 Å². The van der Waals surface area contributed by atoms with Crippen LogP contribution in [0.25, 0.3) is 0 Å². The molecule has 0 aliphatic carbocycles. The van der Waals surface area contributed by atoms with E-state index in [1.807, 2.05) is 105 Å². The highest BCUT2D eigenvalue weighted by Crippen LogP contribution is 2.47. The molecule has 0 heterocycles. The van der Waals surface area contributed by atoms with Crippen molar-refractivity contribution in [1.82, 2.24) is 4.90 Å². The lowest BCUT2D eigenvalue weighted by molar-refractivity contribution is 0.0242. The van der Waals surface area contributed by atoms with Gasteiger partial charge >= 0.3 is 7.32 Å². The second-order valence-corrected chi connectivity index (χ2v) is 7.62. The van der Waals surface area contributed by atoms with Gasteiger partial charge in [-0.1, -0.05) is 97.9 Å². The summed E-state index contributed by atoms with van der Waals surface area (Å²) in [5.41, 5.74) is 1.83.